The number of rotatable bonds is 4. The van der Waals surface area contributed by atoms with E-state index in [0.29, 0.717) is 12.4 Å². The van der Waals surface area contributed by atoms with Gasteiger partial charge in [0, 0.05) is 13.6 Å². The minimum atomic E-state index is -1.01. The van der Waals surface area contributed by atoms with Crippen molar-refractivity contribution in [2.24, 2.45) is 0 Å². The first-order valence-corrected chi connectivity index (χ1v) is 6.88. The Morgan fingerprint density at radius 2 is 2.33 bits per heavy atom. The second kappa shape index (κ2) is 5.49. The van der Waals surface area contributed by atoms with Crippen molar-refractivity contribution in [2.45, 2.75) is 6.54 Å². The SMILES string of the molecule is CN(Cc1csc(Br)c1)c1cccc(C(=O)O)n1. The maximum absolute atomic E-state index is 10.9. The van der Waals surface area contributed by atoms with E-state index >= 15 is 0 Å². The molecule has 0 radical (unpaired) electrons. The lowest BCUT2D eigenvalue weighted by Gasteiger charge is -2.17. The summed E-state index contributed by atoms with van der Waals surface area (Å²) in [6.45, 7) is 0.693. The molecule has 0 atom stereocenters. The number of nitrogens with zero attached hydrogens (tertiary/aromatic N) is 2. The molecule has 0 bridgehead atoms. The highest BCUT2D eigenvalue weighted by atomic mass is 79.9. The highest BCUT2D eigenvalue weighted by Crippen LogP contribution is 2.22. The van der Waals surface area contributed by atoms with E-state index in [1.807, 2.05) is 18.0 Å². The van der Waals surface area contributed by atoms with Gasteiger partial charge in [0.2, 0.25) is 0 Å². The van der Waals surface area contributed by atoms with Gasteiger partial charge in [-0.15, -0.1) is 11.3 Å². The Morgan fingerprint density at radius 1 is 1.56 bits per heavy atom. The van der Waals surface area contributed by atoms with E-state index in [2.05, 4.69) is 26.3 Å². The first-order chi connectivity index (χ1) is 8.56. The molecule has 0 amide bonds. The fraction of sp³-hybridized carbons (Fsp3) is 0.167. The van der Waals surface area contributed by atoms with Gasteiger partial charge >= 0.3 is 5.97 Å². The molecule has 2 heterocycles. The van der Waals surface area contributed by atoms with Crippen LogP contribution in [0.1, 0.15) is 16.1 Å². The zero-order valence-corrected chi connectivity index (χ0v) is 12.0. The van der Waals surface area contributed by atoms with Crippen molar-refractivity contribution in [3.05, 3.63) is 44.7 Å². The third-order valence-corrected chi connectivity index (χ3v) is 3.94. The molecule has 0 aliphatic carbocycles. The van der Waals surface area contributed by atoms with Gasteiger partial charge in [-0.05, 0) is 45.1 Å². The van der Waals surface area contributed by atoms with Crippen LogP contribution in [0.2, 0.25) is 0 Å². The van der Waals surface area contributed by atoms with Crippen LogP contribution in [0.25, 0.3) is 0 Å². The Morgan fingerprint density at radius 3 is 2.94 bits per heavy atom. The van der Waals surface area contributed by atoms with E-state index in [4.69, 9.17) is 5.11 Å². The third-order valence-electron chi connectivity index (χ3n) is 2.39. The Balaban J connectivity index is 2.15. The summed E-state index contributed by atoms with van der Waals surface area (Å²) in [5.74, 6) is -0.360. The zero-order valence-electron chi connectivity index (χ0n) is 9.63. The molecule has 0 saturated heterocycles. The van der Waals surface area contributed by atoms with Crippen LogP contribution < -0.4 is 4.90 Å². The molecule has 6 heteroatoms. The van der Waals surface area contributed by atoms with E-state index in [9.17, 15) is 4.79 Å². The molecule has 2 rings (SSSR count). The van der Waals surface area contributed by atoms with E-state index in [0.717, 1.165) is 9.35 Å². The number of aromatic nitrogens is 1. The summed E-state index contributed by atoms with van der Waals surface area (Å²) in [4.78, 5) is 16.9. The summed E-state index contributed by atoms with van der Waals surface area (Å²) in [6.07, 6.45) is 0. The number of carboxylic acids is 1. The number of anilines is 1. The van der Waals surface area contributed by atoms with Gasteiger partial charge in [0.15, 0.2) is 5.69 Å². The van der Waals surface area contributed by atoms with Crippen molar-refractivity contribution in [1.82, 2.24) is 4.98 Å². The fourth-order valence-electron chi connectivity index (χ4n) is 1.54. The van der Waals surface area contributed by atoms with Crippen LogP contribution in [0, 0.1) is 0 Å². The topological polar surface area (TPSA) is 53.4 Å². The van der Waals surface area contributed by atoms with Crippen LogP contribution >= 0.6 is 27.3 Å². The zero-order chi connectivity index (χ0) is 13.1. The Kier molecular flexibility index (Phi) is 3.98. The molecule has 18 heavy (non-hydrogen) atoms. The lowest BCUT2D eigenvalue weighted by atomic mass is 10.3. The smallest absolute Gasteiger partial charge is 0.354 e. The lowest BCUT2D eigenvalue weighted by Crippen LogP contribution is -2.18. The van der Waals surface area contributed by atoms with E-state index < -0.39 is 5.97 Å². The van der Waals surface area contributed by atoms with Crippen LogP contribution in [0.15, 0.2) is 33.4 Å². The molecule has 0 unspecified atom stereocenters. The molecule has 0 saturated carbocycles. The molecule has 0 fully saturated rings. The molecule has 94 valence electrons. The second-order valence-electron chi connectivity index (χ2n) is 3.80. The normalized spacial score (nSPS) is 10.3. The highest BCUT2D eigenvalue weighted by molar-refractivity contribution is 9.11. The summed E-state index contributed by atoms with van der Waals surface area (Å²) in [5, 5.41) is 11.0. The van der Waals surface area contributed by atoms with E-state index in [-0.39, 0.29) is 5.69 Å². The monoisotopic (exact) mass is 326 g/mol. The standard InChI is InChI=1S/C12H11BrN2O2S/c1-15(6-8-5-10(13)18-7-8)11-4-2-3-9(14-11)12(16)17/h2-5,7H,6H2,1H3,(H,16,17). The lowest BCUT2D eigenvalue weighted by molar-refractivity contribution is 0.0690. The summed E-state index contributed by atoms with van der Waals surface area (Å²) < 4.78 is 1.08. The van der Waals surface area contributed by atoms with Crippen LogP contribution in [0.5, 0.6) is 0 Å². The Labute approximate surface area is 117 Å². The van der Waals surface area contributed by atoms with Crippen LogP contribution in [-0.2, 0) is 6.54 Å². The van der Waals surface area contributed by atoms with Gasteiger partial charge in [0.25, 0.3) is 0 Å². The van der Waals surface area contributed by atoms with Crippen molar-refractivity contribution >= 4 is 39.1 Å². The van der Waals surface area contributed by atoms with Gasteiger partial charge in [-0.3, -0.25) is 0 Å². The van der Waals surface area contributed by atoms with E-state index in [1.54, 1.807) is 23.5 Å². The van der Waals surface area contributed by atoms with Gasteiger partial charge < -0.3 is 10.0 Å². The largest absolute Gasteiger partial charge is 0.477 e. The number of carbonyl (C=O) groups is 1. The number of aromatic carboxylic acids is 1. The first kappa shape index (κ1) is 13.0. The number of pyridine rings is 1. The highest BCUT2D eigenvalue weighted by Gasteiger charge is 2.09. The van der Waals surface area contributed by atoms with E-state index in [1.165, 1.54) is 6.07 Å². The Hall–Kier alpha value is -1.40. The molecule has 0 aromatic carbocycles. The summed E-state index contributed by atoms with van der Waals surface area (Å²) >= 11 is 5.04. The molecule has 4 nitrogen and oxygen atoms in total. The predicted molar refractivity (Wildman–Crippen MR) is 75.3 cm³/mol. The number of halogens is 1. The molecule has 2 aromatic rings. The minimum absolute atomic E-state index is 0.0610. The minimum Gasteiger partial charge on any atom is -0.477 e. The van der Waals surface area contributed by atoms with Crippen LogP contribution in [0.3, 0.4) is 0 Å². The average molecular weight is 327 g/mol. The maximum Gasteiger partial charge on any atom is 0.354 e. The molecular formula is C12H11BrN2O2S. The number of carboxylic acid groups (broad SMARTS) is 1. The van der Waals surface area contributed by atoms with Crippen molar-refractivity contribution in [3.8, 4) is 0 Å². The van der Waals surface area contributed by atoms with Crippen molar-refractivity contribution < 1.29 is 9.90 Å². The van der Waals surface area contributed by atoms with Gasteiger partial charge in [-0.25, -0.2) is 9.78 Å². The predicted octanol–water partition coefficient (Wildman–Crippen LogP) is 3.24. The number of hydrogen-bond donors (Lipinski definition) is 1. The average Bonchev–Trinajstić information content (AvgIpc) is 2.75. The van der Waals surface area contributed by atoms with Crippen molar-refractivity contribution in [2.75, 3.05) is 11.9 Å². The maximum atomic E-state index is 10.9. The van der Waals surface area contributed by atoms with Crippen LogP contribution in [0.4, 0.5) is 5.82 Å². The van der Waals surface area contributed by atoms with Crippen molar-refractivity contribution in [1.29, 1.82) is 0 Å². The van der Waals surface area contributed by atoms with Crippen LogP contribution in [-0.4, -0.2) is 23.1 Å². The quantitative estimate of drug-likeness (QED) is 0.937. The fourth-order valence-corrected chi connectivity index (χ4v) is 2.74. The van der Waals surface area contributed by atoms with Gasteiger partial charge in [-0.2, -0.15) is 0 Å². The third kappa shape index (κ3) is 3.08. The molecular weight excluding hydrogens is 316 g/mol. The summed E-state index contributed by atoms with van der Waals surface area (Å²) in [5.41, 5.74) is 1.22. The van der Waals surface area contributed by atoms with Crippen molar-refractivity contribution in [3.63, 3.8) is 0 Å². The summed E-state index contributed by atoms with van der Waals surface area (Å²) in [7, 11) is 1.89. The molecule has 0 spiro atoms. The molecule has 1 N–H and O–H groups in total. The molecule has 0 aliphatic heterocycles. The van der Waals surface area contributed by atoms with Gasteiger partial charge in [0.1, 0.15) is 5.82 Å². The summed E-state index contributed by atoms with van der Waals surface area (Å²) in [6, 6.07) is 7.03. The first-order valence-electron chi connectivity index (χ1n) is 5.20. The molecule has 0 aliphatic rings. The number of hydrogen-bond acceptors (Lipinski definition) is 4. The molecule has 2 aromatic heterocycles. The van der Waals surface area contributed by atoms with Gasteiger partial charge in [0.05, 0.1) is 3.79 Å². The van der Waals surface area contributed by atoms with Gasteiger partial charge in [-0.1, -0.05) is 6.07 Å². The second-order valence-corrected chi connectivity index (χ2v) is 6.09. The number of thiophene rings is 1. The Bertz CT molecular complexity index is 571.